The summed E-state index contributed by atoms with van der Waals surface area (Å²) < 4.78 is 35.7. The van der Waals surface area contributed by atoms with Crippen LogP contribution in [0.2, 0.25) is 0 Å². The lowest BCUT2D eigenvalue weighted by Gasteiger charge is -2.15. The van der Waals surface area contributed by atoms with Crippen LogP contribution in [-0.4, -0.2) is 32.7 Å². The molecule has 0 aliphatic rings. The summed E-state index contributed by atoms with van der Waals surface area (Å²) in [5, 5.41) is 10.3. The normalized spacial score (nSPS) is 11.2. The van der Waals surface area contributed by atoms with E-state index in [0.29, 0.717) is 4.88 Å². The predicted octanol–water partition coefficient (Wildman–Crippen LogP) is 3.98. The Morgan fingerprint density at radius 2 is 1.86 bits per heavy atom. The number of anilines is 1. The fourth-order valence-electron chi connectivity index (χ4n) is 2.52. The van der Waals surface area contributed by atoms with Crippen LogP contribution < -0.4 is 4.31 Å². The Hall–Kier alpha value is -3.11. The highest BCUT2D eigenvalue weighted by Gasteiger charge is 2.36. The van der Waals surface area contributed by atoms with E-state index in [-0.39, 0.29) is 21.3 Å². The van der Waals surface area contributed by atoms with Gasteiger partial charge in [0.15, 0.2) is 0 Å². The summed E-state index contributed by atoms with van der Waals surface area (Å²) in [4.78, 5) is 24.2. The molecule has 0 spiro atoms. The van der Waals surface area contributed by atoms with Crippen LogP contribution in [0.5, 0.6) is 0 Å². The van der Waals surface area contributed by atoms with Gasteiger partial charge in [-0.3, -0.25) is 0 Å². The minimum Gasteiger partial charge on any atom is -0.465 e. The molecule has 2 heterocycles. The fourth-order valence-corrected chi connectivity index (χ4v) is 4.74. The quantitative estimate of drug-likeness (QED) is 0.620. The van der Waals surface area contributed by atoms with E-state index in [2.05, 4.69) is 4.74 Å². The van der Waals surface area contributed by atoms with Gasteiger partial charge in [-0.25, -0.2) is 9.59 Å². The van der Waals surface area contributed by atoms with Gasteiger partial charge in [0, 0.05) is 16.3 Å². The Labute approximate surface area is 164 Å². The zero-order valence-electron chi connectivity index (χ0n) is 14.8. The number of carbonyl (C=O) groups is 2. The molecule has 1 N–H and O–H groups in total. The Bertz CT molecular complexity index is 1130. The van der Waals surface area contributed by atoms with Gasteiger partial charge in [-0.2, -0.15) is 12.7 Å². The highest BCUT2D eigenvalue weighted by Crippen LogP contribution is 2.35. The largest absolute Gasteiger partial charge is 0.465 e. The van der Waals surface area contributed by atoms with Crippen LogP contribution in [0.3, 0.4) is 0 Å². The van der Waals surface area contributed by atoms with Gasteiger partial charge in [0.2, 0.25) is 5.09 Å². The number of thiophene rings is 1. The standard InChI is InChI=1S/C18H15NO7S2/c1-11-14(17(20)25-2)9-16(26-11)28(23,24)19(18(21)22)13-8-15(27-10-13)12-6-4-3-5-7-12/h3-10H,1-2H3,(H,21,22). The molecule has 3 rings (SSSR count). The minimum absolute atomic E-state index is 0.00561. The van der Waals surface area contributed by atoms with Crippen molar-refractivity contribution in [3.63, 3.8) is 0 Å². The molecule has 1 amide bonds. The van der Waals surface area contributed by atoms with Gasteiger partial charge < -0.3 is 14.3 Å². The van der Waals surface area contributed by atoms with Crippen molar-refractivity contribution in [2.24, 2.45) is 0 Å². The smallest absolute Gasteiger partial charge is 0.426 e. The average molecular weight is 421 g/mol. The molecule has 0 bridgehead atoms. The van der Waals surface area contributed by atoms with Crippen LogP contribution in [0.15, 0.2) is 57.4 Å². The summed E-state index contributed by atoms with van der Waals surface area (Å²) >= 11 is 1.20. The van der Waals surface area contributed by atoms with Gasteiger partial charge in [0.25, 0.3) is 0 Å². The van der Waals surface area contributed by atoms with Crippen LogP contribution in [-0.2, 0) is 14.8 Å². The second-order valence-electron chi connectivity index (χ2n) is 5.61. The summed E-state index contributed by atoms with van der Waals surface area (Å²) in [6, 6.07) is 11.5. The van der Waals surface area contributed by atoms with Crippen LogP contribution in [0, 0.1) is 6.92 Å². The van der Waals surface area contributed by atoms with E-state index in [1.807, 2.05) is 30.3 Å². The predicted molar refractivity (Wildman–Crippen MR) is 102 cm³/mol. The zero-order valence-corrected chi connectivity index (χ0v) is 16.4. The molecule has 0 unspecified atom stereocenters. The molecule has 3 aromatic rings. The second kappa shape index (κ2) is 7.49. The third-order valence-corrected chi connectivity index (χ3v) is 6.37. The first-order valence-electron chi connectivity index (χ1n) is 7.86. The fraction of sp³-hybridized carbons (Fsp3) is 0.111. The summed E-state index contributed by atoms with van der Waals surface area (Å²) in [7, 11) is -3.46. The van der Waals surface area contributed by atoms with Crippen LogP contribution >= 0.6 is 11.3 Å². The van der Waals surface area contributed by atoms with Crippen molar-refractivity contribution in [1.29, 1.82) is 0 Å². The van der Waals surface area contributed by atoms with E-state index in [1.165, 1.54) is 29.7 Å². The molecule has 0 radical (unpaired) electrons. The molecule has 2 aromatic heterocycles. The Morgan fingerprint density at radius 3 is 2.46 bits per heavy atom. The lowest BCUT2D eigenvalue weighted by molar-refractivity contribution is 0.0598. The molecule has 0 aliphatic heterocycles. The molecule has 0 aliphatic carbocycles. The number of esters is 1. The molecule has 10 heteroatoms. The third kappa shape index (κ3) is 3.51. The third-order valence-electron chi connectivity index (χ3n) is 3.85. The molecule has 0 saturated heterocycles. The lowest BCUT2D eigenvalue weighted by atomic mass is 10.2. The van der Waals surface area contributed by atoms with Crippen molar-refractivity contribution in [2.45, 2.75) is 12.0 Å². The molecule has 146 valence electrons. The number of ether oxygens (including phenoxy) is 1. The number of hydrogen-bond acceptors (Lipinski definition) is 7. The summed E-state index contributed by atoms with van der Waals surface area (Å²) in [6.45, 7) is 1.38. The molecule has 1 aromatic carbocycles. The first kappa shape index (κ1) is 19.6. The van der Waals surface area contributed by atoms with E-state index in [4.69, 9.17) is 4.42 Å². The number of hydrogen-bond donors (Lipinski definition) is 1. The summed E-state index contributed by atoms with van der Waals surface area (Å²) in [5.41, 5.74) is 0.676. The average Bonchev–Trinajstić information content (AvgIpc) is 3.29. The van der Waals surface area contributed by atoms with Crippen molar-refractivity contribution in [3.8, 4) is 10.4 Å². The highest BCUT2D eigenvalue weighted by molar-refractivity contribution is 7.93. The monoisotopic (exact) mass is 421 g/mol. The molecule has 8 nitrogen and oxygen atoms in total. The van der Waals surface area contributed by atoms with Crippen molar-refractivity contribution >= 4 is 39.1 Å². The SMILES string of the molecule is COC(=O)c1cc(S(=O)(=O)N(C(=O)O)c2csc(-c3ccccc3)c2)oc1C. The summed E-state index contributed by atoms with van der Waals surface area (Å²) in [6.07, 6.45) is -1.70. The van der Waals surface area contributed by atoms with E-state index >= 15 is 0 Å². The lowest BCUT2D eigenvalue weighted by Crippen LogP contribution is -2.35. The van der Waals surface area contributed by atoms with E-state index < -0.39 is 27.2 Å². The van der Waals surface area contributed by atoms with Crippen LogP contribution in [0.4, 0.5) is 10.5 Å². The van der Waals surface area contributed by atoms with Crippen molar-refractivity contribution in [2.75, 3.05) is 11.4 Å². The van der Waals surface area contributed by atoms with Crippen LogP contribution in [0.25, 0.3) is 10.4 Å². The highest BCUT2D eigenvalue weighted by atomic mass is 32.2. The Morgan fingerprint density at radius 1 is 1.18 bits per heavy atom. The van der Waals surface area contributed by atoms with Crippen LogP contribution in [0.1, 0.15) is 16.1 Å². The molecule has 0 atom stereocenters. The second-order valence-corrected chi connectivity index (χ2v) is 8.24. The van der Waals surface area contributed by atoms with Crippen molar-refractivity contribution in [1.82, 2.24) is 0 Å². The number of carboxylic acid groups (broad SMARTS) is 1. The number of amides is 1. The van der Waals surface area contributed by atoms with Crippen molar-refractivity contribution in [3.05, 3.63) is 59.2 Å². The van der Waals surface area contributed by atoms with Gasteiger partial charge in [-0.1, -0.05) is 30.3 Å². The van der Waals surface area contributed by atoms with Gasteiger partial charge in [-0.05, 0) is 18.6 Å². The maximum Gasteiger partial charge on any atom is 0.426 e. The number of carbonyl (C=O) groups excluding carboxylic acids is 1. The Balaban J connectivity index is 2.04. The van der Waals surface area contributed by atoms with E-state index in [1.54, 1.807) is 0 Å². The van der Waals surface area contributed by atoms with E-state index in [9.17, 15) is 23.1 Å². The van der Waals surface area contributed by atoms with Gasteiger partial charge in [0.05, 0.1) is 12.8 Å². The van der Waals surface area contributed by atoms with Crippen molar-refractivity contribution < 1.29 is 32.3 Å². The number of benzene rings is 1. The molecule has 0 fully saturated rings. The maximum absolute atomic E-state index is 12.9. The summed E-state index contributed by atoms with van der Waals surface area (Å²) in [5.74, 6) is -0.780. The number of sulfonamides is 1. The maximum atomic E-state index is 12.9. The first-order chi connectivity index (χ1) is 13.3. The van der Waals surface area contributed by atoms with Gasteiger partial charge >= 0.3 is 22.1 Å². The number of furan rings is 1. The molecular weight excluding hydrogens is 406 g/mol. The Kier molecular flexibility index (Phi) is 5.25. The van der Waals surface area contributed by atoms with Gasteiger partial charge in [-0.15, -0.1) is 11.3 Å². The molecule has 28 heavy (non-hydrogen) atoms. The van der Waals surface area contributed by atoms with Gasteiger partial charge in [0.1, 0.15) is 11.3 Å². The number of nitrogens with zero attached hydrogens (tertiary/aromatic N) is 1. The zero-order chi connectivity index (χ0) is 20.5. The van der Waals surface area contributed by atoms with E-state index in [0.717, 1.165) is 18.7 Å². The number of aryl methyl sites for hydroxylation is 1. The number of methoxy groups -OCH3 is 1. The minimum atomic E-state index is -4.60. The molecule has 0 saturated carbocycles. The first-order valence-corrected chi connectivity index (χ1v) is 10.2. The number of rotatable bonds is 5. The topological polar surface area (TPSA) is 114 Å². The molecular formula is C18H15NO7S2.